The average molecular weight is 119 g/mol. The van der Waals surface area contributed by atoms with Crippen LogP contribution < -0.4 is 5.73 Å². The van der Waals surface area contributed by atoms with Crippen LogP contribution in [-0.4, -0.2) is 28.5 Å². The van der Waals surface area contributed by atoms with E-state index in [1.54, 1.807) is 0 Å². The van der Waals surface area contributed by atoms with Crippen LogP contribution in [0.3, 0.4) is 0 Å². The lowest BCUT2D eigenvalue weighted by atomic mass is 10.0. The van der Waals surface area contributed by atoms with Gasteiger partial charge in [-0.3, -0.25) is 0 Å². The highest BCUT2D eigenvalue weighted by atomic mass is 16.3. The zero-order valence-corrected chi connectivity index (χ0v) is 5.26. The molecule has 50 valence electrons. The van der Waals surface area contributed by atoms with Gasteiger partial charge in [0.15, 0.2) is 0 Å². The van der Waals surface area contributed by atoms with Crippen LogP contribution in [-0.2, 0) is 0 Å². The Morgan fingerprint density at radius 2 is 2.12 bits per heavy atom. The first-order chi connectivity index (χ1) is 3.50. The first kappa shape index (κ1) is 7.88. The standard InChI is InChI=1S/C5H13NO2/c1-4(7)5(2,8)3-6/h4,7-8H,3,6H2,1-2H3/t4-,5+/m0/s1. The summed E-state index contributed by atoms with van der Waals surface area (Å²) in [4.78, 5) is 0. The van der Waals surface area contributed by atoms with Gasteiger partial charge in [0.05, 0.1) is 11.7 Å². The van der Waals surface area contributed by atoms with Gasteiger partial charge in [0.2, 0.25) is 0 Å². The SMILES string of the molecule is C[C@H](O)[C@](C)(O)CN. The van der Waals surface area contributed by atoms with Crippen molar-refractivity contribution in [2.75, 3.05) is 6.54 Å². The van der Waals surface area contributed by atoms with Gasteiger partial charge in [-0.2, -0.15) is 0 Å². The van der Waals surface area contributed by atoms with Crippen LogP contribution >= 0.6 is 0 Å². The molecule has 0 spiro atoms. The second-order valence-electron chi connectivity index (χ2n) is 2.24. The Kier molecular flexibility index (Phi) is 2.40. The van der Waals surface area contributed by atoms with Crippen LogP contribution in [0, 0.1) is 0 Å². The van der Waals surface area contributed by atoms with E-state index in [1.165, 1.54) is 13.8 Å². The Bertz CT molecular complexity index is 70.8. The Hall–Kier alpha value is -0.120. The lowest BCUT2D eigenvalue weighted by Gasteiger charge is -2.23. The van der Waals surface area contributed by atoms with Crippen molar-refractivity contribution >= 4 is 0 Å². The molecule has 0 unspecified atom stereocenters. The third-order valence-electron chi connectivity index (χ3n) is 1.31. The molecule has 0 aromatic rings. The van der Waals surface area contributed by atoms with Crippen LogP contribution in [0.4, 0.5) is 0 Å². The molecular weight excluding hydrogens is 106 g/mol. The van der Waals surface area contributed by atoms with Gasteiger partial charge >= 0.3 is 0 Å². The summed E-state index contributed by atoms with van der Waals surface area (Å²) in [5.41, 5.74) is 3.97. The maximum Gasteiger partial charge on any atom is 0.0996 e. The molecule has 0 aromatic carbocycles. The number of hydrogen-bond donors (Lipinski definition) is 3. The molecule has 0 aromatic heterocycles. The van der Waals surface area contributed by atoms with Crippen molar-refractivity contribution in [3.05, 3.63) is 0 Å². The second kappa shape index (κ2) is 2.44. The lowest BCUT2D eigenvalue weighted by molar-refractivity contribution is -0.0446. The summed E-state index contributed by atoms with van der Waals surface area (Å²) in [6.07, 6.45) is -0.757. The fourth-order valence-electron chi connectivity index (χ4n) is 0.171. The molecule has 0 bridgehead atoms. The van der Waals surface area contributed by atoms with E-state index >= 15 is 0 Å². The number of aliphatic hydroxyl groups excluding tert-OH is 1. The molecule has 2 atom stereocenters. The van der Waals surface area contributed by atoms with E-state index in [0.29, 0.717) is 0 Å². The van der Waals surface area contributed by atoms with Crippen molar-refractivity contribution in [1.82, 2.24) is 0 Å². The fraction of sp³-hybridized carbons (Fsp3) is 1.00. The van der Waals surface area contributed by atoms with Gasteiger partial charge in [-0.05, 0) is 13.8 Å². The molecule has 0 aliphatic rings. The lowest BCUT2D eigenvalue weighted by Crippen LogP contribution is -2.44. The van der Waals surface area contributed by atoms with Gasteiger partial charge < -0.3 is 15.9 Å². The normalized spacial score (nSPS) is 22.1. The first-order valence-corrected chi connectivity index (χ1v) is 2.61. The number of rotatable bonds is 2. The van der Waals surface area contributed by atoms with E-state index in [4.69, 9.17) is 15.9 Å². The smallest absolute Gasteiger partial charge is 0.0996 e. The van der Waals surface area contributed by atoms with Crippen molar-refractivity contribution in [2.45, 2.75) is 25.6 Å². The summed E-state index contributed by atoms with van der Waals surface area (Å²) in [5.74, 6) is 0. The van der Waals surface area contributed by atoms with E-state index in [1.807, 2.05) is 0 Å². The van der Waals surface area contributed by atoms with E-state index in [-0.39, 0.29) is 6.54 Å². The van der Waals surface area contributed by atoms with E-state index in [0.717, 1.165) is 0 Å². The quantitative estimate of drug-likeness (QED) is 0.440. The molecule has 4 N–H and O–H groups in total. The van der Waals surface area contributed by atoms with Crippen molar-refractivity contribution in [3.8, 4) is 0 Å². The van der Waals surface area contributed by atoms with Gasteiger partial charge in [0, 0.05) is 6.54 Å². The molecule has 0 aliphatic heterocycles. The zero-order chi connectivity index (χ0) is 6.78. The molecule has 3 heteroatoms. The summed E-state index contributed by atoms with van der Waals surface area (Å²) in [6.45, 7) is 3.09. The monoisotopic (exact) mass is 119 g/mol. The predicted molar refractivity (Wildman–Crippen MR) is 31.4 cm³/mol. The molecule has 0 radical (unpaired) electrons. The van der Waals surface area contributed by atoms with Gasteiger partial charge in [-0.1, -0.05) is 0 Å². The molecule has 8 heavy (non-hydrogen) atoms. The largest absolute Gasteiger partial charge is 0.390 e. The minimum Gasteiger partial charge on any atom is -0.390 e. The van der Waals surface area contributed by atoms with Gasteiger partial charge in [-0.25, -0.2) is 0 Å². The van der Waals surface area contributed by atoms with Gasteiger partial charge in [0.1, 0.15) is 0 Å². The topological polar surface area (TPSA) is 66.5 Å². The first-order valence-electron chi connectivity index (χ1n) is 2.61. The van der Waals surface area contributed by atoms with Gasteiger partial charge in [0.25, 0.3) is 0 Å². The molecule has 3 nitrogen and oxygen atoms in total. The Labute approximate surface area is 49.1 Å². The highest BCUT2D eigenvalue weighted by molar-refractivity contribution is 4.78. The second-order valence-corrected chi connectivity index (χ2v) is 2.24. The maximum absolute atomic E-state index is 9.03. The fourth-order valence-corrected chi connectivity index (χ4v) is 0.171. The van der Waals surface area contributed by atoms with Crippen LogP contribution in [0.5, 0.6) is 0 Å². The summed E-state index contributed by atoms with van der Waals surface area (Å²) >= 11 is 0. The summed E-state index contributed by atoms with van der Waals surface area (Å²) in [6, 6.07) is 0. The minimum atomic E-state index is -1.12. The number of aliphatic hydroxyl groups is 2. The van der Waals surface area contributed by atoms with Crippen molar-refractivity contribution in [3.63, 3.8) is 0 Å². The third kappa shape index (κ3) is 1.78. The van der Waals surface area contributed by atoms with Crippen molar-refractivity contribution in [2.24, 2.45) is 5.73 Å². The van der Waals surface area contributed by atoms with Crippen LogP contribution in [0.2, 0.25) is 0 Å². The van der Waals surface area contributed by atoms with Gasteiger partial charge in [-0.15, -0.1) is 0 Å². The average Bonchev–Trinajstić information content (AvgIpc) is 1.67. The zero-order valence-electron chi connectivity index (χ0n) is 5.26. The molecular formula is C5H13NO2. The minimum absolute atomic E-state index is 0.0880. The highest BCUT2D eigenvalue weighted by Gasteiger charge is 2.23. The Balaban J connectivity index is 3.71. The van der Waals surface area contributed by atoms with Crippen molar-refractivity contribution < 1.29 is 10.2 Å². The Morgan fingerprint density at radius 1 is 1.75 bits per heavy atom. The predicted octanol–water partition coefficient (Wildman–Crippen LogP) is -0.923. The maximum atomic E-state index is 9.03. The molecule has 0 aliphatic carbocycles. The third-order valence-corrected chi connectivity index (χ3v) is 1.31. The summed E-state index contributed by atoms with van der Waals surface area (Å²) in [7, 11) is 0. The summed E-state index contributed by atoms with van der Waals surface area (Å²) in [5, 5.41) is 17.8. The van der Waals surface area contributed by atoms with Crippen LogP contribution in [0.15, 0.2) is 0 Å². The number of hydrogen-bond acceptors (Lipinski definition) is 3. The Morgan fingerprint density at radius 3 is 2.12 bits per heavy atom. The molecule has 0 saturated heterocycles. The molecule has 0 rings (SSSR count). The van der Waals surface area contributed by atoms with Crippen molar-refractivity contribution in [1.29, 1.82) is 0 Å². The molecule has 0 heterocycles. The van der Waals surface area contributed by atoms with E-state index in [2.05, 4.69) is 0 Å². The van der Waals surface area contributed by atoms with Crippen LogP contribution in [0.25, 0.3) is 0 Å². The summed E-state index contributed by atoms with van der Waals surface area (Å²) < 4.78 is 0. The highest BCUT2D eigenvalue weighted by Crippen LogP contribution is 2.05. The molecule has 0 fully saturated rings. The number of nitrogens with two attached hydrogens (primary N) is 1. The van der Waals surface area contributed by atoms with E-state index < -0.39 is 11.7 Å². The molecule has 0 amide bonds. The molecule has 0 saturated carbocycles. The van der Waals surface area contributed by atoms with Crippen LogP contribution in [0.1, 0.15) is 13.8 Å². The van der Waals surface area contributed by atoms with E-state index in [9.17, 15) is 0 Å².